The van der Waals surface area contributed by atoms with Gasteiger partial charge < -0.3 is 20.1 Å². The lowest BCUT2D eigenvalue weighted by Crippen LogP contribution is -2.38. The molecule has 3 heterocycles. The normalized spacial score (nSPS) is 24.2. The van der Waals surface area contributed by atoms with Crippen molar-refractivity contribution >= 4 is 11.7 Å². The molecule has 136 valence electrons. The number of nitrogens with one attached hydrogen (secondary N) is 1. The van der Waals surface area contributed by atoms with Crippen LogP contribution in [0.5, 0.6) is 5.75 Å². The lowest BCUT2D eigenvalue weighted by molar-refractivity contribution is 0.0816. The van der Waals surface area contributed by atoms with Gasteiger partial charge in [-0.15, -0.1) is 0 Å². The maximum Gasteiger partial charge on any atom is 0.254 e. The van der Waals surface area contributed by atoms with Crippen LogP contribution in [0.2, 0.25) is 0 Å². The highest BCUT2D eigenvalue weighted by atomic mass is 16.5. The SMILES string of the molecule is CNC(=O)c1cccnc1N1C[C@@H]2COc3ccccc3C[C@]2(CO)C1. The van der Waals surface area contributed by atoms with Crippen LogP contribution >= 0.6 is 0 Å². The van der Waals surface area contributed by atoms with E-state index in [2.05, 4.69) is 21.3 Å². The molecular weight excluding hydrogens is 330 g/mol. The Labute approximate surface area is 152 Å². The van der Waals surface area contributed by atoms with Gasteiger partial charge in [0.2, 0.25) is 0 Å². The van der Waals surface area contributed by atoms with E-state index in [0.29, 0.717) is 31.1 Å². The number of hydrogen-bond acceptors (Lipinski definition) is 5. The maximum atomic E-state index is 12.2. The Bertz CT molecular complexity index is 825. The van der Waals surface area contributed by atoms with Gasteiger partial charge in [-0.3, -0.25) is 4.79 Å². The lowest BCUT2D eigenvalue weighted by Gasteiger charge is -2.30. The molecule has 1 saturated heterocycles. The van der Waals surface area contributed by atoms with Crippen LogP contribution in [0.25, 0.3) is 0 Å². The van der Waals surface area contributed by atoms with Gasteiger partial charge in [0, 0.05) is 37.7 Å². The van der Waals surface area contributed by atoms with Crippen LogP contribution in [-0.2, 0) is 6.42 Å². The molecule has 1 fully saturated rings. The molecule has 0 saturated carbocycles. The van der Waals surface area contributed by atoms with Gasteiger partial charge in [0.25, 0.3) is 5.91 Å². The molecule has 1 aromatic carbocycles. The van der Waals surface area contributed by atoms with E-state index in [4.69, 9.17) is 4.74 Å². The molecule has 6 heteroatoms. The van der Waals surface area contributed by atoms with Crippen LogP contribution in [0, 0.1) is 11.3 Å². The zero-order valence-corrected chi connectivity index (χ0v) is 14.8. The second-order valence-corrected chi connectivity index (χ2v) is 7.15. The Morgan fingerprint density at radius 1 is 1.38 bits per heavy atom. The van der Waals surface area contributed by atoms with Gasteiger partial charge in [0.1, 0.15) is 11.6 Å². The first-order chi connectivity index (χ1) is 12.7. The number of para-hydroxylation sites is 1. The first kappa shape index (κ1) is 16.8. The van der Waals surface area contributed by atoms with Crippen LogP contribution in [0.4, 0.5) is 5.82 Å². The molecule has 4 rings (SSSR count). The molecule has 1 aromatic heterocycles. The van der Waals surface area contributed by atoms with Crippen molar-refractivity contribution < 1.29 is 14.6 Å². The number of nitrogens with zero attached hydrogens (tertiary/aromatic N) is 2. The highest BCUT2D eigenvalue weighted by Gasteiger charge is 2.49. The highest BCUT2D eigenvalue weighted by molar-refractivity contribution is 5.98. The summed E-state index contributed by atoms with van der Waals surface area (Å²) < 4.78 is 6.03. The summed E-state index contributed by atoms with van der Waals surface area (Å²) in [6, 6.07) is 11.6. The second-order valence-electron chi connectivity index (χ2n) is 7.15. The third-order valence-corrected chi connectivity index (χ3v) is 5.64. The number of rotatable bonds is 3. The number of anilines is 1. The molecule has 6 nitrogen and oxygen atoms in total. The molecule has 0 radical (unpaired) electrons. The van der Waals surface area contributed by atoms with Crippen molar-refractivity contribution in [1.29, 1.82) is 0 Å². The zero-order chi connectivity index (χ0) is 18.1. The zero-order valence-electron chi connectivity index (χ0n) is 14.8. The fourth-order valence-corrected chi connectivity index (χ4v) is 4.18. The quantitative estimate of drug-likeness (QED) is 0.875. The Morgan fingerprint density at radius 2 is 2.23 bits per heavy atom. The number of ether oxygens (including phenoxy) is 1. The molecule has 2 aliphatic rings. The van der Waals surface area contributed by atoms with Crippen molar-refractivity contribution in [3.05, 3.63) is 53.7 Å². The van der Waals surface area contributed by atoms with Crippen LogP contribution in [0.3, 0.4) is 0 Å². The summed E-state index contributed by atoms with van der Waals surface area (Å²) in [5, 5.41) is 13.0. The number of hydrogen-bond donors (Lipinski definition) is 2. The summed E-state index contributed by atoms with van der Waals surface area (Å²) in [6.45, 7) is 1.98. The minimum atomic E-state index is -0.302. The summed E-state index contributed by atoms with van der Waals surface area (Å²) in [7, 11) is 1.62. The average molecular weight is 353 g/mol. The lowest BCUT2D eigenvalue weighted by atomic mass is 9.75. The first-order valence-corrected chi connectivity index (χ1v) is 8.90. The average Bonchev–Trinajstić information content (AvgIpc) is 2.97. The topological polar surface area (TPSA) is 74.7 Å². The number of pyridine rings is 1. The van der Waals surface area contributed by atoms with Gasteiger partial charge in [-0.05, 0) is 30.2 Å². The fraction of sp³-hybridized carbons (Fsp3) is 0.400. The van der Waals surface area contributed by atoms with Crippen molar-refractivity contribution in [3.63, 3.8) is 0 Å². The largest absolute Gasteiger partial charge is 0.493 e. The summed E-state index contributed by atoms with van der Waals surface area (Å²) >= 11 is 0. The predicted octanol–water partition coefficient (Wildman–Crippen LogP) is 1.49. The van der Waals surface area contributed by atoms with Crippen LogP contribution in [0.15, 0.2) is 42.6 Å². The van der Waals surface area contributed by atoms with Crippen molar-refractivity contribution in [3.8, 4) is 5.75 Å². The van der Waals surface area contributed by atoms with E-state index in [9.17, 15) is 9.90 Å². The van der Waals surface area contributed by atoms with Crippen LogP contribution in [-0.4, -0.2) is 49.3 Å². The van der Waals surface area contributed by atoms with Crippen LogP contribution < -0.4 is 15.0 Å². The van der Waals surface area contributed by atoms with E-state index in [1.54, 1.807) is 25.4 Å². The molecular formula is C20H23N3O3. The van der Waals surface area contributed by atoms with Crippen molar-refractivity contribution in [2.45, 2.75) is 6.42 Å². The molecule has 2 aromatic rings. The van der Waals surface area contributed by atoms with Gasteiger partial charge >= 0.3 is 0 Å². The Hall–Kier alpha value is -2.60. The first-order valence-electron chi connectivity index (χ1n) is 8.90. The number of aliphatic hydroxyl groups excluding tert-OH is 1. The molecule has 1 amide bonds. The molecule has 2 N–H and O–H groups in total. The molecule has 26 heavy (non-hydrogen) atoms. The predicted molar refractivity (Wildman–Crippen MR) is 98.5 cm³/mol. The number of carbonyl (C=O) groups excluding carboxylic acids is 1. The molecule has 0 aliphatic carbocycles. The molecule has 2 atom stereocenters. The maximum absolute atomic E-state index is 12.2. The van der Waals surface area contributed by atoms with Gasteiger partial charge in [-0.25, -0.2) is 4.98 Å². The number of benzene rings is 1. The van der Waals surface area contributed by atoms with E-state index in [1.165, 1.54) is 0 Å². The van der Waals surface area contributed by atoms with E-state index in [0.717, 1.165) is 17.7 Å². The van der Waals surface area contributed by atoms with Crippen molar-refractivity contribution in [1.82, 2.24) is 10.3 Å². The van der Waals surface area contributed by atoms with Crippen molar-refractivity contribution in [2.24, 2.45) is 11.3 Å². The smallest absolute Gasteiger partial charge is 0.254 e. The van der Waals surface area contributed by atoms with Gasteiger partial charge in [0.15, 0.2) is 0 Å². The Morgan fingerprint density at radius 3 is 3.04 bits per heavy atom. The van der Waals surface area contributed by atoms with E-state index in [1.807, 2.05) is 18.2 Å². The number of fused-ring (bicyclic) bond motifs is 2. The minimum absolute atomic E-state index is 0.0774. The summed E-state index contributed by atoms with van der Waals surface area (Å²) in [5.74, 6) is 1.59. The fourth-order valence-electron chi connectivity index (χ4n) is 4.18. The van der Waals surface area contributed by atoms with Gasteiger partial charge in [0.05, 0.1) is 18.8 Å². The molecule has 0 bridgehead atoms. The Kier molecular flexibility index (Phi) is 4.28. The number of amides is 1. The number of carbonyl (C=O) groups is 1. The second kappa shape index (κ2) is 6.61. The van der Waals surface area contributed by atoms with Crippen molar-refractivity contribution in [2.75, 3.05) is 38.3 Å². The number of aliphatic hydroxyl groups is 1. The summed E-state index contributed by atoms with van der Waals surface area (Å²) in [6.07, 6.45) is 2.45. The van der Waals surface area contributed by atoms with Gasteiger partial charge in [-0.2, -0.15) is 0 Å². The monoisotopic (exact) mass is 353 g/mol. The molecule has 0 unspecified atom stereocenters. The van der Waals surface area contributed by atoms with E-state index in [-0.39, 0.29) is 23.8 Å². The standard InChI is InChI=1S/C20H23N3O3/c1-21-19(25)16-6-4-8-22-18(16)23-10-15-11-26-17-7-3-2-5-14(17)9-20(15,12-23)13-24/h2-8,15,24H,9-13H2,1H3,(H,21,25)/t15-,20-/m1/s1. The third-order valence-electron chi connectivity index (χ3n) is 5.64. The molecule has 2 aliphatic heterocycles. The van der Waals surface area contributed by atoms with Gasteiger partial charge in [-0.1, -0.05) is 18.2 Å². The highest BCUT2D eigenvalue weighted by Crippen LogP contribution is 2.44. The van der Waals surface area contributed by atoms with E-state index < -0.39 is 0 Å². The van der Waals surface area contributed by atoms with Crippen LogP contribution in [0.1, 0.15) is 15.9 Å². The van der Waals surface area contributed by atoms with E-state index >= 15 is 0 Å². The Balaban J connectivity index is 1.68. The molecule has 0 spiro atoms. The third kappa shape index (κ3) is 2.70. The summed E-state index contributed by atoms with van der Waals surface area (Å²) in [5.41, 5.74) is 1.38. The summed E-state index contributed by atoms with van der Waals surface area (Å²) in [4.78, 5) is 18.8. The number of aromatic nitrogens is 1. The minimum Gasteiger partial charge on any atom is -0.493 e.